The van der Waals surface area contributed by atoms with Crippen LogP contribution in [0.15, 0.2) is 54.6 Å². The van der Waals surface area contributed by atoms with Crippen molar-refractivity contribution < 1.29 is 33.1 Å². The second kappa shape index (κ2) is 19.2. The van der Waals surface area contributed by atoms with Crippen LogP contribution in [0.3, 0.4) is 0 Å². The molecule has 2 unspecified atom stereocenters. The molecule has 11 heteroatoms. The van der Waals surface area contributed by atoms with Gasteiger partial charge in [0.15, 0.2) is 0 Å². The third-order valence-corrected chi connectivity index (χ3v) is 8.13. The molecule has 1 heterocycles. The van der Waals surface area contributed by atoms with Gasteiger partial charge in [0.25, 0.3) is 0 Å². The molecule has 0 saturated carbocycles. The highest BCUT2D eigenvalue weighted by Crippen LogP contribution is 2.25. The number of carbonyl (C=O) groups excluding carboxylic acids is 3. The second-order valence-electron chi connectivity index (χ2n) is 11.0. The molecule has 0 radical (unpaired) electrons. The minimum atomic E-state index is -2.98. The van der Waals surface area contributed by atoms with Gasteiger partial charge in [-0.2, -0.15) is 0 Å². The first kappa shape index (κ1) is 34.3. The summed E-state index contributed by atoms with van der Waals surface area (Å²) in [6.45, 7) is 4.04. The maximum Gasteiger partial charge on any atom is 0.407 e. The van der Waals surface area contributed by atoms with Gasteiger partial charge in [0.1, 0.15) is 6.10 Å². The van der Waals surface area contributed by atoms with Gasteiger partial charge in [0.2, 0.25) is 11.8 Å². The smallest absolute Gasteiger partial charge is 0.407 e. The molecule has 1 aliphatic rings. The zero-order valence-corrected chi connectivity index (χ0v) is 26.1. The Morgan fingerprint density at radius 3 is 2.33 bits per heavy atom. The molecule has 1 saturated heterocycles. The molecule has 236 valence electrons. The molecule has 10 nitrogen and oxygen atoms in total. The van der Waals surface area contributed by atoms with Gasteiger partial charge in [-0.25, -0.2) is 4.79 Å². The lowest BCUT2D eigenvalue weighted by molar-refractivity contribution is -0.130. The lowest BCUT2D eigenvalue weighted by Gasteiger charge is -2.20. The number of nitrogens with one attached hydrogen (secondary N) is 2. The molecule has 1 aliphatic heterocycles. The Morgan fingerprint density at radius 1 is 0.930 bits per heavy atom. The topological polar surface area (TPSA) is 134 Å². The molecule has 1 fully saturated rings. The van der Waals surface area contributed by atoms with Gasteiger partial charge in [-0.05, 0) is 55.7 Å². The molecular formula is C32H46N3O7P. The number of hydrogen-bond donors (Lipinski definition) is 3. The van der Waals surface area contributed by atoms with Crippen molar-refractivity contribution in [1.29, 1.82) is 0 Å². The SMILES string of the molecule is Cc1ccccc1CC(OC(=O)NCCCCCC(=O)NCCCCCC(=O)N1CC[C@@H](O[PH](=O)O)C1)c1ccccc1. The van der Waals surface area contributed by atoms with E-state index < -0.39 is 14.3 Å². The number of unbranched alkanes of at least 4 members (excludes halogenated alkanes) is 4. The fraction of sp³-hybridized carbons (Fsp3) is 0.531. The predicted octanol–water partition coefficient (Wildman–Crippen LogP) is 5.24. The Morgan fingerprint density at radius 2 is 1.60 bits per heavy atom. The van der Waals surface area contributed by atoms with E-state index in [1.807, 2.05) is 42.5 Å². The van der Waals surface area contributed by atoms with E-state index in [4.69, 9.17) is 14.2 Å². The average Bonchev–Trinajstić information content (AvgIpc) is 3.45. The van der Waals surface area contributed by atoms with E-state index in [0.29, 0.717) is 51.9 Å². The summed E-state index contributed by atoms with van der Waals surface area (Å²) in [5.41, 5.74) is 3.25. The minimum Gasteiger partial charge on any atom is -0.441 e. The van der Waals surface area contributed by atoms with Gasteiger partial charge < -0.3 is 29.7 Å². The van der Waals surface area contributed by atoms with Crippen LogP contribution in [0, 0.1) is 6.92 Å². The number of hydrogen-bond acceptors (Lipinski definition) is 6. The molecule has 0 aliphatic carbocycles. The van der Waals surface area contributed by atoms with Crippen molar-refractivity contribution in [2.24, 2.45) is 0 Å². The number of alkyl carbamates (subject to hydrolysis) is 1. The number of aryl methyl sites for hydroxylation is 1. The van der Waals surface area contributed by atoms with Crippen LogP contribution < -0.4 is 10.6 Å². The molecule has 43 heavy (non-hydrogen) atoms. The van der Waals surface area contributed by atoms with Gasteiger partial charge in [0.05, 0.1) is 6.10 Å². The van der Waals surface area contributed by atoms with Crippen molar-refractivity contribution in [3.8, 4) is 0 Å². The quantitative estimate of drug-likeness (QED) is 0.154. The third-order valence-electron chi connectivity index (χ3n) is 7.59. The Balaban J connectivity index is 1.20. The summed E-state index contributed by atoms with van der Waals surface area (Å²) in [4.78, 5) is 47.5. The zero-order chi connectivity index (χ0) is 30.9. The van der Waals surface area contributed by atoms with E-state index in [0.717, 1.165) is 55.2 Å². The minimum absolute atomic E-state index is 0.0108. The maximum atomic E-state index is 12.5. The van der Waals surface area contributed by atoms with Crippen LogP contribution in [0.1, 0.15) is 80.6 Å². The summed E-state index contributed by atoms with van der Waals surface area (Å²) in [7, 11) is -2.98. The lowest BCUT2D eigenvalue weighted by Crippen LogP contribution is -2.29. The van der Waals surface area contributed by atoms with E-state index in [-0.39, 0.29) is 24.0 Å². The van der Waals surface area contributed by atoms with Crippen LogP contribution in [-0.2, 0) is 29.8 Å². The largest absolute Gasteiger partial charge is 0.441 e. The normalized spacial score (nSPS) is 16.0. The Kier molecular flexibility index (Phi) is 15.3. The molecule has 3 N–H and O–H groups in total. The van der Waals surface area contributed by atoms with Gasteiger partial charge in [-0.3, -0.25) is 14.2 Å². The van der Waals surface area contributed by atoms with Crippen molar-refractivity contribution in [3.63, 3.8) is 0 Å². The molecule has 2 aromatic carbocycles. The van der Waals surface area contributed by atoms with E-state index in [2.05, 4.69) is 29.7 Å². The van der Waals surface area contributed by atoms with Crippen molar-refractivity contribution in [2.75, 3.05) is 26.2 Å². The summed E-state index contributed by atoms with van der Waals surface area (Å²) in [6, 6.07) is 17.9. The molecule has 0 bridgehead atoms. The van der Waals surface area contributed by atoms with E-state index in [9.17, 15) is 18.9 Å². The van der Waals surface area contributed by atoms with Crippen molar-refractivity contribution in [3.05, 3.63) is 71.3 Å². The number of amides is 3. The molecular weight excluding hydrogens is 569 g/mol. The Hall–Kier alpha value is -3.20. The van der Waals surface area contributed by atoms with Crippen molar-refractivity contribution >= 4 is 26.2 Å². The molecule has 3 rings (SSSR count). The number of carbonyl (C=O) groups is 3. The van der Waals surface area contributed by atoms with E-state index >= 15 is 0 Å². The summed E-state index contributed by atoms with van der Waals surface area (Å²) < 4.78 is 21.5. The highest BCUT2D eigenvalue weighted by Gasteiger charge is 2.27. The third kappa shape index (κ3) is 13.3. The average molecular weight is 616 g/mol. The molecule has 3 atom stereocenters. The monoisotopic (exact) mass is 615 g/mol. The van der Waals surface area contributed by atoms with Gasteiger partial charge in [-0.15, -0.1) is 0 Å². The van der Waals surface area contributed by atoms with Gasteiger partial charge in [0, 0.05) is 45.4 Å². The van der Waals surface area contributed by atoms with Crippen LogP contribution >= 0.6 is 8.25 Å². The Labute approximate surface area is 255 Å². The first-order valence-corrected chi connectivity index (χ1v) is 16.6. The molecule has 0 aromatic heterocycles. The van der Waals surface area contributed by atoms with Crippen LogP contribution in [0.2, 0.25) is 0 Å². The Bertz CT molecular complexity index is 1180. The molecule has 3 amide bonds. The van der Waals surface area contributed by atoms with Gasteiger partial charge in [-0.1, -0.05) is 67.4 Å². The predicted molar refractivity (Wildman–Crippen MR) is 166 cm³/mol. The summed E-state index contributed by atoms with van der Waals surface area (Å²) in [5.74, 6) is 0.0467. The first-order valence-electron chi connectivity index (χ1n) is 15.3. The highest BCUT2D eigenvalue weighted by atomic mass is 31.1. The number of benzene rings is 2. The first-order chi connectivity index (χ1) is 20.8. The summed E-state index contributed by atoms with van der Waals surface area (Å²) in [5, 5.41) is 5.77. The number of ether oxygens (including phenoxy) is 1. The van der Waals surface area contributed by atoms with Gasteiger partial charge >= 0.3 is 14.3 Å². The number of nitrogens with zero attached hydrogens (tertiary/aromatic N) is 1. The maximum absolute atomic E-state index is 12.5. The van der Waals surface area contributed by atoms with Crippen molar-refractivity contribution in [1.82, 2.24) is 15.5 Å². The molecule has 0 spiro atoms. The molecule has 2 aromatic rings. The van der Waals surface area contributed by atoms with Crippen LogP contribution in [0.5, 0.6) is 0 Å². The fourth-order valence-electron chi connectivity index (χ4n) is 5.13. The van der Waals surface area contributed by atoms with E-state index in [1.165, 1.54) is 0 Å². The van der Waals surface area contributed by atoms with Crippen molar-refractivity contribution in [2.45, 2.75) is 83.3 Å². The van der Waals surface area contributed by atoms with Crippen LogP contribution in [-0.4, -0.2) is 60.0 Å². The van der Waals surface area contributed by atoms with E-state index in [1.54, 1.807) is 4.90 Å². The standard InChI is InChI=1S/C32H46N3O7P/c1-25-13-9-10-16-27(25)23-29(26-14-5-2-6-15-26)41-32(38)34-21-12-3-7-17-30(36)33-20-11-4-8-18-31(37)35-22-19-28(24-35)42-43(39)40/h2,5-6,9-10,13-16,28-29,43H,3-4,7-8,11-12,17-24H2,1H3,(H,33,36)(H,34,38)(H,39,40)/t28-,29?/m1/s1. The van der Waals surface area contributed by atoms with Crippen LogP contribution in [0.4, 0.5) is 4.79 Å². The number of rotatable bonds is 18. The highest BCUT2D eigenvalue weighted by molar-refractivity contribution is 7.32. The summed E-state index contributed by atoms with van der Waals surface area (Å²) >= 11 is 0. The lowest BCUT2D eigenvalue weighted by atomic mass is 9.98. The second-order valence-corrected chi connectivity index (χ2v) is 11.7. The summed E-state index contributed by atoms with van der Waals surface area (Å²) in [6.07, 6.45) is 5.56. The van der Waals surface area contributed by atoms with Crippen LogP contribution in [0.25, 0.3) is 0 Å². The number of likely N-dealkylation sites (tertiary alicyclic amines) is 1. The fourth-order valence-corrected chi connectivity index (χ4v) is 5.61. The zero-order valence-electron chi connectivity index (χ0n) is 25.1.